The third kappa shape index (κ3) is 2.23. The summed E-state index contributed by atoms with van der Waals surface area (Å²) in [5, 5.41) is 11.0. The van der Waals surface area contributed by atoms with E-state index in [9.17, 15) is 5.11 Å². The Hall–Kier alpha value is -1.13. The van der Waals surface area contributed by atoms with Crippen molar-refractivity contribution in [1.29, 1.82) is 0 Å². The molecule has 4 heteroatoms. The van der Waals surface area contributed by atoms with Crippen molar-refractivity contribution in [3.63, 3.8) is 0 Å². The number of imidazole rings is 1. The standard InChI is InChI=1S/C15H17BrN2O/c1-2-18-8-7-17-14(18)15(19)6-5-11-9-13(16)4-3-12(11)10-15/h3-4,7-9,19H,2,5-6,10H2,1H3. The van der Waals surface area contributed by atoms with Crippen molar-refractivity contribution in [2.75, 3.05) is 0 Å². The predicted octanol–water partition coefficient (Wildman–Crippen LogP) is 3.04. The molecule has 3 nitrogen and oxygen atoms in total. The summed E-state index contributed by atoms with van der Waals surface area (Å²) in [6, 6.07) is 6.29. The fourth-order valence-corrected chi connectivity index (χ4v) is 3.32. The van der Waals surface area contributed by atoms with Crippen LogP contribution in [-0.2, 0) is 25.0 Å². The van der Waals surface area contributed by atoms with E-state index in [-0.39, 0.29) is 0 Å². The third-order valence-electron chi connectivity index (χ3n) is 3.93. The van der Waals surface area contributed by atoms with Crippen LogP contribution in [0.4, 0.5) is 0 Å². The second kappa shape index (κ2) is 4.76. The molecule has 0 spiro atoms. The van der Waals surface area contributed by atoms with Gasteiger partial charge in [0.1, 0.15) is 11.4 Å². The highest BCUT2D eigenvalue weighted by Gasteiger charge is 2.37. The van der Waals surface area contributed by atoms with Crippen molar-refractivity contribution in [2.45, 2.75) is 38.3 Å². The van der Waals surface area contributed by atoms with E-state index in [0.29, 0.717) is 6.42 Å². The molecule has 0 saturated carbocycles. The lowest BCUT2D eigenvalue weighted by Crippen LogP contribution is -2.36. The molecule has 1 aliphatic rings. The molecule has 0 aliphatic heterocycles. The van der Waals surface area contributed by atoms with E-state index in [1.807, 2.05) is 16.8 Å². The summed E-state index contributed by atoms with van der Waals surface area (Å²) in [6.07, 6.45) is 5.97. The molecule has 1 aliphatic carbocycles. The number of halogens is 1. The lowest BCUT2D eigenvalue weighted by molar-refractivity contribution is 0.0101. The Morgan fingerprint density at radius 3 is 3.05 bits per heavy atom. The summed E-state index contributed by atoms with van der Waals surface area (Å²) in [5.74, 6) is 0.795. The highest BCUT2D eigenvalue weighted by Crippen LogP contribution is 2.36. The second-order valence-electron chi connectivity index (χ2n) is 5.16. The van der Waals surface area contributed by atoms with Gasteiger partial charge in [-0.1, -0.05) is 22.0 Å². The monoisotopic (exact) mass is 320 g/mol. The van der Waals surface area contributed by atoms with Gasteiger partial charge < -0.3 is 9.67 Å². The summed E-state index contributed by atoms with van der Waals surface area (Å²) in [5.41, 5.74) is 1.72. The molecule has 0 amide bonds. The maximum atomic E-state index is 11.0. The number of fused-ring (bicyclic) bond motifs is 1. The SMILES string of the molecule is CCn1ccnc1C1(O)CCc2cc(Br)ccc2C1. The molecule has 0 saturated heterocycles. The van der Waals surface area contributed by atoms with Crippen LogP contribution < -0.4 is 0 Å². The van der Waals surface area contributed by atoms with Gasteiger partial charge in [0.05, 0.1) is 0 Å². The Balaban J connectivity index is 1.98. The Labute approximate surface area is 121 Å². The van der Waals surface area contributed by atoms with E-state index >= 15 is 0 Å². The van der Waals surface area contributed by atoms with E-state index in [1.165, 1.54) is 11.1 Å². The normalized spacial score (nSPS) is 22.3. The fraction of sp³-hybridized carbons (Fsp3) is 0.400. The number of aromatic nitrogens is 2. The van der Waals surface area contributed by atoms with Gasteiger partial charge in [-0.3, -0.25) is 0 Å². The Morgan fingerprint density at radius 2 is 2.26 bits per heavy atom. The highest BCUT2D eigenvalue weighted by molar-refractivity contribution is 9.10. The topological polar surface area (TPSA) is 38.0 Å². The number of nitrogens with zero attached hydrogens (tertiary/aromatic N) is 2. The van der Waals surface area contributed by atoms with Crippen molar-refractivity contribution in [1.82, 2.24) is 9.55 Å². The van der Waals surface area contributed by atoms with Gasteiger partial charge in [-0.2, -0.15) is 0 Å². The lowest BCUT2D eigenvalue weighted by atomic mass is 9.80. The largest absolute Gasteiger partial charge is 0.382 e. The van der Waals surface area contributed by atoms with Crippen LogP contribution in [0.5, 0.6) is 0 Å². The van der Waals surface area contributed by atoms with Crippen LogP contribution in [0.1, 0.15) is 30.3 Å². The first-order chi connectivity index (χ1) is 9.12. The predicted molar refractivity (Wildman–Crippen MR) is 78.0 cm³/mol. The van der Waals surface area contributed by atoms with Crippen molar-refractivity contribution in [3.05, 3.63) is 52.0 Å². The van der Waals surface area contributed by atoms with Crippen LogP contribution in [-0.4, -0.2) is 14.7 Å². The second-order valence-corrected chi connectivity index (χ2v) is 6.07. The molecule has 2 aromatic rings. The van der Waals surface area contributed by atoms with E-state index in [4.69, 9.17) is 0 Å². The van der Waals surface area contributed by atoms with Crippen LogP contribution in [0.2, 0.25) is 0 Å². The van der Waals surface area contributed by atoms with E-state index in [2.05, 4.69) is 40.0 Å². The quantitative estimate of drug-likeness (QED) is 0.923. The van der Waals surface area contributed by atoms with E-state index in [1.54, 1.807) is 6.20 Å². The molecule has 19 heavy (non-hydrogen) atoms. The number of rotatable bonds is 2. The van der Waals surface area contributed by atoms with Crippen LogP contribution >= 0.6 is 15.9 Å². The third-order valence-corrected chi connectivity index (χ3v) is 4.42. The zero-order chi connectivity index (χ0) is 13.5. The van der Waals surface area contributed by atoms with Gasteiger partial charge in [-0.05, 0) is 43.0 Å². The number of benzene rings is 1. The zero-order valence-corrected chi connectivity index (χ0v) is 12.5. The van der Waals surface area contributed by atoms with Gasteiger partial charge in [-0.25, -0.2) is 4.98 Å². The first-order valence-corrected chi connectivity index (χ1v) is 7.43. The van der Waals surface area contributed by atoms with E-state index < -0.39 is 5.60 Å². The summed E-state index contributed by atoms with van der Waals surface area (Å²) in [7, 11) is 0. The van der Waals surface area contributed by atoms with Gasteiger partial charge in [0, 0.05) is 29.8 Å². The van der Waals surface area contributed by atoms with Gasteiger partial charge in [0.15, 0.2) is 0 Å². The molecule has 1 aromatic carbocycles. The minimum absolute atomic E-state index is 0.645. The van der Waals surface area contributed by atoms with Crippen molar-refractivity contribution in [3.8, 4) is 0 Å². The van der Waals surface area contributed by atoms with Gasteiger partial charge in [0.25, 0.3) is 0 Å². The first-order valence-electron chi connectivity index (χ1n) is 6.64. The number of hydrogen-bond acceptors (Lipinski definition) is 2. The molecular weight excluding hydrogens is 304 g/mol. The number of aliphatic hydroxyl groups is 1. The number of aryl methyl sites for hydroxylation is 2. The molecule has 0 radical (unpaired) electrons. The minimum atomic E-state index is -0.833. The first kappa shape index (κ1) is 12.9. The van der Waals surface area contributed by atoms with Gasteiger partial charge in [0.2, 0.25) is 0 Å². The molecule has 1 N–H and O–H groups in total. The molecule has 100 valence electrons. The Morgan fingerprint density at radius 1 is 1.42 bits per heavy atom. The van der Waals surface area contributed by atoms with Crippen LogP contribution in [0.3, 0.4) is 0 Å². The summed E-state index contributed by atoms with van der Waals surface area (Å²) >= 11 is 3.50. The van der Waals surface area contributed by atoms with E-state index in [0.717, 1.165) is 29.7 Å². The molecule has 1 aromatic heterocycles. The molecule has 0 bridgehead atoms. The lowest BCUT2D eigenvalue weighted by Gasteiger charge is -2.33. The maximum absolute atomic E-state index is 11.0. The van der Waals surface area contributed by atoms with Crippen molar-refractivity contribution >= 4 is 15.9 Å². The zero-order valence-electron chi connectivity index (χ0n) is 10.9. The van der Waals surface area contributed by atoms with Crippen LogP contribution in [0, 0.1) is 0 Å². The van der Waals surface area contributed by atoms with Crippen LogP contribution in [0.25, 0.3) is 0 Å². The van der Waals surface area contributed by atoms with Gasteiger partial charge in [-0.15, -0.1) is 0 Å². The molecule has 0 fully saturated rings. The fourth-order valence-electron chi connectivity index (χ4n) is 2.91. The molecular formula is C15H17BrN2O. The highest BCUT2D eigenvalue weighted by atomic mass is 79.9. The smallest absolute Gasteiger partial charge is 0.141 e. The van der Waals surface area contributed by atoms with Crippen LogP contribution in [0.15, 0.2) is 35.1 Å². The summed E-state index contributed by atoms with van der Waals surface area (Å²) in [4.78, 5) is 4.38. The number of hydrogen-bond donors (Lipinski definition) is 1. The molecule has 1 unspecified atom stereocenters. The summed E-state index contributed by atoms with van der Waals surface area (Å²) < 4.78 is 3.14. The van der Waals surface area contributed by atoms with Crippen molar-refractivity contribution in [2.24, 2.45) is 0 Å². The Bertz CT molecular complexity index is 608. The Kier molecular flexibility index (Phi) is 3.23. The summed E-state index contributed by atoms with van der Waals surface area (Å²) in [6.45, 7) is 2.91. The average Bonchev–Trinajstić information content (AvgIpc) is 2.88. The maximum Gasteiger partial charge on any atom is 0.141 e. The molecule has 3 rings (SSSR count). The van der Waals surface area contributed by atoms with Crippen molar-refractivity contribution < 1.29 is 5.11 Å². The molecule has 1 heterocycles. The molecule has 1 atom stereocenters. The van der Waals surface area contributed by atoms with Gasteiger partial charge >= 0.3 is 0 Å². The average molecular weight is 321 g/mol. The minimum Gasteiger partial charge on any atom is -0.382 e.